The Kier molecular flexibility index (Phi) is 4.10. The highest BCUT2D eigenvalue weighted by Crippen LogP contribution is 2.38. The van der Waals surface area contributed by atoms with Crippen molar-refractivity contribution in [3.05, 3.63) is 95.6 Å². The van der Waals surface area contributed by atoms with Gasteiger partial charge in [-0.3, -0.25) is 0 Å². The summed E-state index contributed by atoms with van der Waals surface area (Å²) < 4.78 is 5.51. The molecule has 25 heavy (non-hydrogen) atoms. The van der Waals surface area contributed by atoms with Crippen LogP contribution < -0.4 is 4.74 Å². The number of hydrogen-bond donors (Lipinski definition) is 2. The van der Waals surface area contributed by atoms with Gasteiger partial charge >= 0.3 is 0 Å². The van der Waals surface area contributed by atoms with Crippen molar-refractivity contribution in [3.8, 4) is 16.9 Å². The molecule has 2 unspecified atom stereocenters. The first kappa shape index (κ1) is 15.6. The largest absolute Gasteiger partial charge is 0.461 e. The van der Waals surface area contributed by atoms with Gasteiger partial charge in [0.15, 0.2) is 0 Å². The second-order valence-electron chi connectivity index (χ2n) is 6.04. The quantitative estimate of drug-likeness (QED) is 0.741. The zero-order chi connectivity index (χ0) is 17.2. The highest BCUT2D eigenvalue weighted by molar-refractivity contribution is 5.66. The molecule has 1 aliphatic heterocycles. The van der Waals surface area contributed by atoms with Crippen LogP contribution in [0, 0.1) is 0 Å². The third kappa shape index (κ3) is 3.07. The molecule has 0 aromatic heterocycles. The summed E-state index contributed by atoms with van der Waals surface area (Å²) in [5, 5.41) is 20.8. The van der Waals surface area contributed by atoms with E-state index in [1.807, 2.05) is 54.6 Å². The van der Waals surface area contributed by atoms with Crippen LogP contribution in [0.1, 0.15) is 17.2 Å². The summed E-state index contributed by atoms with van der Waals surface area (Å²) in [5.74, 6) is 0.513. The van der Waals surface area contributed by atoms with E-state index in [1.165, 1.54) is 0 Å². The lowest BCUT2D eigenvalue weighted by Crippen LogP contribution is -2.28. The number of aliphatic hydroxyl groups is 2. The molecule has 3 heteroatoms. The summed E-state index contributed by atoms with van der Waals surface area (Å²) in [6, 6.07) is 25.3. The molecule has 1 aliphatic rings. The number of para-hydroxylation sites is 1. The fourth-order valence-corrected chi connectivity index (χ4v) is 3.06. The van der Waals surface area contributed by atoms with Crippen LogP contribution >= 0.6 is 0 Å². The predicted molar refractivity (Wildman–Crippen MR) is 97.9 cm³/mol. The number of ether oxygens (including phenoxy) is 1. The van der Waals surface area contributed by atoms with Crippen molar-refractivity contribution in [2.45, 2.75) is 12.4 Å². The maximum Gasteiger partial charge on any atom is 0.223 e. The highest BCUT2D eigenvalue weighted by Gasteiger charge is 2.30. The smallest absolute Gasteiger partial charge is 0.223 e. The first-order chi connectivity index (χ1) is 12.2. The van der Waals surface area contributed by atoms with Gasteiger partial charge in [0.05, 0.1) is 0 Å². The van der Waals surface area contributed by atoms with E-state index in [-0.39, 0.29) is 0 Å². The monoisotopic (exact) mass is 330 g/mol. The maximum absolute atomic E-state index is 10.6. The van der Waals surface area contributed by atoms with Crippen molar-refractivity contribution in [1.82, 2.24) is 0 Å². The molecule has 0 saturated heterocycles. The fourth-order valence-electron chi connectivity index (χ4n) is 3.06. The van der Waals surface area contributed by atoms with Crippen LogP contribution in [0.25, 0.3) is 17.2 Å². The van der Waals surface area contributed by atoms with Crippen LogP contribution in [0.4, 0.5) is 0 Å². The standard InChI is InChI=1S/C22H18O3/c23-21-18-8-4-5-9-20(18)25-22(24)19(21)14-15-10-12-17(13-11-15)16-6-2-1-3-7-16/h1-14,21-24H/b19-14-. The summed E-state index contributed by atoms with van der Waals surface area (Å²) >= 11 is 0. The molecule has 0 spiro atoms. The van der Waals surface area contributed by atoms with Crippen molar-refractivity contribution in [1.29, 1.82) is 0 Å². The molecule has 2 atom stereocenters. The Morgan fingerprint density at radius 3 is 2.12 bits per heavy atom. The molecule has 3 aromatic rings. The van der Waals surface area contributed by atoms with Crippen molar-refractivity contribution in [2.24, 2.45) is 0 Å². The van der Waals surface area contributed by atoms with Crippen LogP contribution in [-0.2, 0) is 0 Å². The number of hydrogen-bond acceptors (Lipinski definition) is 3. The zero-order valence-corrected chi connectivity index (χ0v) is 13.5. The number of fused-ring (bicyclic) bond motifs is 1. The van der Waals surface area contributed by atoms with Gasteiger partial charge in [-0.2, -0.15) is 0 Å². The second-order valence-corrected chi connectivity index (χ2v) is 6.04. The third-order valence-corrected chi connectivity index (χ3v) is 4.40. The molecule has 4 rings (SSSR count). The SMILES string of the molecule is OC1Oc2ccccc2C(O)/C1=C/c1ccc(-c2ccccc2)cc1. The van der Waals surface area contributed by atoms with Gasteiger partial charge in [-0.1, -0.05) is 72.8 Å². The Morgan fingerprint density at radius 2 is 1.36 bits per heavy atom. The summed E-state index contributed by atoms with van der Waals surface area (Å²) in [7, 11) is 0. The lowest BCUT2D eigenvalue weighted by molar-refractivity contribution is -0.0178. The second kappa shape index (κ2) is 6.55. The lowest BCUT2D eigenvalue weighted by Gasteiger charge is -2.29. The highest BCUT2D eigenvalue weighted by atomic mass is 16.6. The van der Waals surface area contributed by atoms with Gasteiger partial charge in [0.1, 0.15) is 11.9 Å². The van der Waals surface area contributed by atoms with E-state index < -0.39 is 12.4 Å². The molecule has 0 bridgehead atoms. The molecule has 0 aliphatic carbocycles. The van der Waals surface area contributed by atoms with E-state index in [0.29, 0.717) is 16.9 Å². The van der Waals surface area contributed by atoms with Crippen LogP contribution in [0.2, 0.25) is 0 Å². The molecule has 3 aromatic carbocycles. The van der Waals surface area contributed by atoms with E-state index in [9.17, 15) is 10.2 Å². The first-order valence-electron chi connectivity index (χ1n) is 8.21. The minimum atomic E-state index is -1.15. The summed E-state index contributed by atoms with van der Waals surface area (Å²) in [6.07, 6.45) is -0.257. The minimum absolute atomic E-state index is 0.436. The van der Waals surface area contributed by atoms with Crippen molar-refractivity contribution in [2.75, 3.05) is 0 Å². The molecular formula is C22H18O3. The first-order valence-corrected chi connectivity index (χ1v) is 8.21. The average Bonchev–Trinajstić information content (AvgIpc) is 2.66. The Morgan fingerprint density at radius 1 is 0.720 bits per heavy atom. The van der Waals surface area contributed by atoms with Gasteiger partial charge in [-0.25, -0.2) is 0 Å². The van der Waals surface area contributed by atoms with Crippen molar-refractivity contribution < 1.29 is 14.9 Å². The lowest BCUT2D eigenvalue weighted by atomic mass is 9.95. The number of aliphatic hydroxyl groups excluding tert-OH is 2. The van der Waals surface area contributed by atoms with Gasteiger partial charge < -0.3 is 14.9 Å². The average molecular weight is 330 g/mol. The summed E-state index contributed by atoms with van der Waals surface area (Å²) in [6.45, 7) is 0. The van der Waals surface area contributed by atoms with Gasteiger partial charge in [0.25, 0.3) is 0 Å². The summed E-state index contributed by atoms with van der Waals surface area (Å²) in [5.41, 5.74) is 4.27. The van der Waals surface area contributed by atoms with Gasteiger partial charge in [0.2, 0.25) is 6.29 Å². The van der Waals surface area contributed by atoms with E-state index in [2.05, 4.69) is 12.1 Å². The zero-order valence-electron chi connectivity index (χ0n) is 13.5. The number of rotatable bonds is 2. The topological polar surface area (TPSA) is 49.7 Å². The van der Waals surface area contributed by atoms with E-state index in [0.717, 1.165) is 16.7 Å². The molecule has 0 radical (unpaired) electrons. The van der Waals surface area contributed by atoms with Gasteiger partial charge in [-0.15, -0.1) is 0 Å². The Labute approximate surface area is 146 Å². The summed E-state index contributed by atoms with van der Waals surface area (Å²) in [4.78, 5) is 0. The molecule has 2 N–H and O–H groups in total. The van der Waals surface area contributed by atoms with Crippen LogP contribution in [0.15, 0.2) is 84.4 Å². The van der Waals surface area contributed by atoms with Crippen LogP contribution in [0.5, 0.6) is 5.75 Å². The Bertz CT molecular complexity index is 898. The van der Waals surface area contributed by atoms with Crippen LogP contribution in [-0.4, -0.2) is 16.5 Å². The molecule has 3 nitrogen and oxygen atoms in total. The van der Waals surface area contributed by atoms with Crippen molar-refractivity contribution in [3.63, 3.8) is 0 Å². The molecule has 1 heterocycles. The molecule has 0 fully saturated rings. The van der Waals surface area contributed by atoms with E-state index >= 15 is 0 Å². The van der Waals surface area contributed by atoms with Gasteiger partial charge in [-0.05, 0) is 28.8 Å². The molecule has 124 valence electrons. The van der Waals surface area contributed by atoms with Crippen LogP contribution in [0.3, 0.4) is 0 Å². The number of benzene rings is 3. The fraction of sp³-hybridized carbons (Fsp3) is 0.0909. The maximum atomic E-state index is 10.6. The van der Waals surface area contributed by atoms with Gasteiger partial charge in [0, 0.05) is 11.1 Å². The Hall–Kier alpha value is -2.88. The molecule has 0 amide bonds. The minimum Gasteiger partial charge on any atom is -0.461 e. The molecule has 0 saturated carbocycles. The van der Waals surface area contributed by atoms with Crippen molar-refractivity contribution >= 4 is 6.08 Å². The van der Waals surface area contributed by atoms with E-state index in [1.54, 1.807) is 18.2 Å². The normalized spacial score (nSPS) is 20.8. The predicted octanol–water partition coefficient (Wildman–Crippen LogP) is 4.18. The molecular weight excluding hydrogens is 312 g/mol. The van der Waals surface area contributed by atoms with E-state index in [4.69, 9.17) is 4.74 Å². The third-order valence-electron chi connectivity index (χ3n) is 4.40. The Balaban J connectivity index is 1.64.